The summed E-state index contributed by atoms with van der Waals surface area (Å²) < 4.78 is 11.1. The smallest absolute Gasteiger partial charge is 0.318 e. The molecular weight excluding hydrogens is 322 g/mol. The molecule has 1 atom stereocenters. The van der Waals surface area contributed by atoms with Crippen molar-refractivity contribution >= 4 is 11.9 Å². The van der Waals surface area contributed by atoms with Crippen LogP contribution in [0.3, 0.4) is 0 Å². The largest absolute Gasteiger partial charge is 0.496 e. The van der Waals surface area contributed by atoms with Crippen molar-refractivity contribution in [1.29, 1.82) is 0 Å². The Morgan fingerprint density at radius 2 is 2.04 bits per heavy atom. The van der Waals surface area contributed by atoms with Gasteiger partial charge in [0.2, 0.25) is 5.91 Å². The van der Waals surface area contributed by atoms with E-state index in [4.69, 9.17) is 15.2 Å². The first-order valence-corrected chi connectivity index (χ1v) is 8.44. The first-order chi connectivity index (χ1) is 11.9. The normalized spacial score (nSPS) is 17.6. The summed E-state index contributed by atoms with van der Waals surface area (Å²) >= 11 is 0. The first-order valence-electron chi connectivity index (χ1n) is 8.44. The molecule has 4 N–H and O–H groups in total. The number of imide groups is 1. The Bertz CT molecular complexity index is 627. The molecule has 25 heavy (non-hydrogen) atoms. The molecule has 7 nitrogen and oxygen atoms in total. The van der Waals surface area contributed by atoms with Crippen LogP contribution in [0, 0.1) is 6.92 Å². The van der Waals surface area contributed by atoms with Crippen molar-refractivity contribution in [3.8, 4) is 5.75 Å². The number of amides is 3. The van der Waals surface area contributed by atoms with Gasteiger partial charge in [-0.25, -0.2) is 4.79 Å². The van der Waals surface area contributed by atoms with Crippen molar-refractivity contribution in [2.24, 2.45) is 5.73 Å². The Hall–Kier alpha value is -2.12. The quantitative estimate of drug-likeness (QED) is 0.717. The lowest BCUT2D eigenvalue weighted by Gasteiger charge is -2.39. The van der Waals surface area contributed by atoms with Crippen LogP contribution < -0.4 is 21.1 Å². The van der Waals surface area contributed by atoms with E-state index in [1.165, 1.54) is 0 Å². The third-order valence-corrected chi connectivity index (χ3v) is 4.76. The van der Waals surface area contributed by atoms with Crippen LogP contribution in [0.4, 0.5) is 4.79 Å². The molecule has 1 unspecified atom stereocenters. The molecule has 0 aliphatic carbocycles. The van der Waals surface area contributed by atoms with Gasteiger partial charge >= 0.3 is 6.03 Å². The molecule has 0 aromatic heterocycles. The Labute approximate surface area is 148 Å². The number of nitrogens with two attached hydrogens (primary N) is 1. The monoisotopic (exact) mass is 349 g/mol. The number of carbonyl (C=O) groups excluding carboxylic acids is 2. The van der Waals surface area contributed by atoms with E-state index >= 15 is 0 Å². The molecule has 0 spiro atoms. The minimum absolute atomic E-state index is 0.198. The lowest BCUT2D eigenvalue weighted by atomic mass is 9.73. The Morgan fingerprint density at radius 3 is 2.64 bits per heavy atom. The lowest BCUT2D eigenvalue weighted by Crippen LogP contribution is -2.51. The topological polar surface area (TPSA) is 103 Å². The molecular formula is C18H27N3O4. The fourth-order valence-corrected chi connectivity index (χ4v) is 3.21. The average molecular weight is 349 g/mol. The molecule has 2 rings (SSSR count). The summed E-state index contributed by atoms with van der Waals surface area (Å²) in [5, 5.41) is 5.34. The van der Waals surface area contributed by atoms with Gasteiger partial charge in [0, 0.05) is 30.7 Å². The summed E-state index contributed by atoms with van der Waals surface area (Å²) in [6.07, 6.45) is 1.65. The molecule has 1 aliphatic rings. The molecule has 1 heterocycles. The maximum Gasteiger partial charge on any atom is 0.318 e. The third-order valence-electron chi connectivity index (χ3n) is 4.76. The number of primary amides is 1. The van der Waals surface area contributed by atoms with E-state index in [2.05, 4.69) is 16.7 Å². The number of carbonyl (C=O) groups is 2. The summed E-state index contributed by atoms with van der Waals surface area (Å²) in [4.78, 5) is 22.8. The Balaban J connectivity index is 2.22. The molecule has 1 aromatic rings. The Kier molecular flexibility index (Phi) is 6.39. The van der Waals surface area contributed by atoms with Crippen LogP contribution >= 0.6 is 0 Å². The van der Waals surface area contributed by atoms with Crippen LogP contribution in [0.2, 0.25) is 0 Å². The highest BCUT2D eigenvalue weighted by molar-refractivity contribution is 5.96. The molecule has 1 fully saturated rings. The van der Waals surface area contributed by atoms with Crippen LogP contribution in [-0.2, 0) is 14.9 Å². The van der Waals surface area contributed by atoms with E-state index in [1.54, 1.807) is 14.0 Å². The molecule has 1 saturated heterocycles. The number of urea groups is 1. The van der Waals surface area contributed by atoms with Crippen molar-refractivity contribution in [3.05, 3.63) is 29.3 Å². The van der Waals surface area contributed by atoms with E-state index in [1.807, 2.05) is 19.1 Å². The number of methoxy groups -OCH3 is 1. The van der Waals surface area contributed by atoms with Gasteiger partial charge in [0.1, 0.15) is 5.75 Å². The van der Waals surface area contributed by atoms with Gasteiger partial charge < -0.3 is 20.5 Å². The van der Waals surface area contributed by atoms with Crippen molar-refractivity contribution in [1.82, 2.24) is 10.6 Å². The zero-order valence-corrected chi connectivity index (χ0v) is 15.1. The van der Waals surface area contributed by atoms with Crippen molar-refractivity contribution in [3.63, 3.8) is 0 Å². The van der Waals surface area contributed by atoms with Crippen LogP contribution in [0.5, 0.6) is 5.75 Å². The van der Waals surface area contributed by atoms with Crippen LogP contribution in [0.15, 0.2) is 18.2 Å². The van der Waals surface area contributed by atoms with Gasteiger partial charge in [0.15, 0.2) is 0 Å². The van der Waals surface area contributed by atoms with E-state index in [0.717, 1.165) is 29.7 Å². The number of hydrogen-bond donors (Lipinski definition) is 3. The highest BCUT2D eigenvalue weighted by Crippen LogP contribution is 2.40. The number of benzene rings is 1. The van der Waals surface area contributed by atoms with Gasteiger partial charge in [-0.3, -0.25) is 10.1 Å². The first kappa shape index (κ1) is 19.2. The lowest BCUT2D eigenvalue weighted by molar-refractivity contribution is -0.121. The average Bonchev–Trinajstić information content (AvgIpc) is 2.59. The van der Waals surface area contributed by atoms with Gasteiger partial charge in [-0.05, 0) is 32.8 Å². The second kappa shape index (κ2) is 8.31. The number of aryl methyl sites for hydroxylation is 1. The van der Waals surface area contributed by atoms with Crippen molar-refractivity contribution in [2.75, 3.05) is 26.9 Å². The van der Waals surface area contributed by atoms with E-state index in [9.17, 15) is 9.59 Å². The fourth-order valence-electron chi connectivity index (χ4n) is 3.21. The van der Waals surface area contributed by atoms with Crippen molar-refractivity contribution < 1.29 is 19.1 Å². The number of nitrogens with one attached hydrogen (secondary N) is 2. The molecule has 138 valence electrons. The standard InChI is InChI=1S/C18H27N3O4/c1-12-4-5-15(24-3)14(10-12)18(6-8-25-9-7-18)11-20-13(2)16(22)21-17(19)23/h4-5,10,13,20H,6-9,11H2,1-3H3,(H3,19,21,22,23). The minimum Gasteiger partial charge on any atom is -0.496 e. The van der Waals surface area contributed by atoms with Crippen LogP contribution in [0.1, 0.15) is 30.9 Å². The molecule has 1 aliphatic heterocycles. The second-order valence-corrected chi connectivity index (χ2v) is 6.55. The summed E-state index contributed by atoms with van der Waals surface area (Å²) in [5.74, 6) is 0.398. The zero-order valence-electron chi connectivity index (χ0n) is 15.1. The van der Waals surface area contributed by atoms with Gasteiger partial charge in [0.25, 0.3) is 0 Å². The van der Waals surface area contributed by atoms with E-state index in [0.29, 0.717) is 19.8 Å². The summed E-state index contributed by atoms with van der Waals surface area (Å²) in [7, 11) is 1.66. The SMILES string of the molecule is COc1ccc(C)cc1C1(CNC(C)C(=O)NC(N)=O)CCOCC1. The molecule has 0 saturated carbocycles. The predicted octanol–water partition coefficient (Wildman–Crippen LogP) is 1.22. The molecule has 7 heteroatoms. The van der Waals surface area contributed by atoms with Gasteiger partial charge in [-0.1, -0.05) is 17.7 Å². The van der Waals surface area contributed by atoms with Gasteiger partial charge in [-0.15, -0.1) is 0 Å². The summed E-state index contributed by atoms with van der Waals surface area (Å²) in [5.41, 5.74) is 7.09. The number of hydrogen-bond acceptors (Lipinski definition) is 5. The highest BCUT2D eigenvalue weighted by atomic mass is 16.5. The summed E-state index contributed by atoms with van der Waals surface area (Å²) in [6.45, 7) is 5.63. The van der Waals surface area contributed by atoms with Gasteiger partial charge in [0.05, 0.1) is 13.2 Å². The molecule has 3 amide bonds. The van der Waals surface area contributed by atoms with E-state index in [-0.39, 0.29) is 5.41 Å². The Morgan fingerprint density at radius 1 is 1.36 bits per heavy atom. The molecule has 1 aromatic carbocycles. The van der Waals surface area contributed by atoms with Crippen LogP contribution in [-0.4, -0.2) is 44.8 Å². The maximum atomic E-state index is 11.9. The maximum absolute atomic E-state index is 11.9. The van der Waals surface area contributed by atoms with Gasteiger partial charge in [-0.2, -0.15) is 0 Å². The third kappa shape index (κ3) is 4.70. The molecule has 0 bridgehead atoms. The zero-order chi connectivity index (χ0) is 18.4. The number of rotatable bonds is 6. The second-order valence-electron chi connectivity index (χ2n) is 6.55. The highest BCUT2D eigenvalue weighted by Gasteiger charge is 2.37. The van der Waals surface area contributed by atoms with Crippen LogP contribution in [0.25, 0.3) is 0 Å². The fraction of sp³-hybridized carbons (Fsp3) is 0.556. The predicted molar refractivity (Wildman–Crippen MR) is 94.7 cm³/mol. The summed E-state index contributed by atoms with van der Waals surface area (Å²) in [6, 6.07) is 4.75. The van der Waals surface area contributed by atoms with Crippen molar-refractivity contribution in [2.45, 2.75) is 38.1 Å². The van der Waals surface area contributed by atoms with E-state index < -0.39 is 18.0 Å². The molecule has 0 radical (unpaired) electrons. The minimum atomic E-state index is -0.847. The number of ether oxygens (including phenoxy) is 2.